The quantitative estimate of drug-likeness (QED) is 0.626. The summed E-state index contributed by atoms with van der Waals surface area (Å²) < 4.78 is 13.6. The van der Waals surface area contributed by atoms with E-state index in [9.17, 15) is 0 Å². The Bertz CT molecular complexity index is 981. The normalized spacial score (nSPS) is 11.2. The number of methoxy groups -OCH3 is 2. The Labute approximate surface area is 136 Å². The lowest BCUT2D eigenvalue weighted by Crippen LogP contribution is -1.98. The SMILES string of the molecule is COc1cc2cc(-c3cnc4ccc(N)nn34)sc2cc1OC. The van der Waals surface area contributed by atoms with Gasteiger partial charge in [0.1, 0.15) is 11.5 Å². The van der Waals surface area contributed by atoms with Gasteiger partial charge in [0.25, 0.3) is 0 Å². The maximum absolute atomic E-state index is 5.79. The van der Waals surface area contributed by atoms with Crippen LogP contribution in [0, 0.1) is 0 Å². The van der Waals surface area contributed by atoms with Crippen LogP contribution in [0.2, 0.25) is 0 Å². The maximum atomic E-state index is 5.79. The number of nitrogen functional groups attached to an aromatic ring is 1. The van der Waals surface area contributed by atoms with Gasteiger partial charge in [-0.05, 0) is 29.7 Å². The van der Waals surface area contributed by atoms with Gasteiger partial charge >= 0.3 is 0 Å². The molecule has 2 N–H and O–H groups in total. The monoisotopic (exact) mass is 326 g/mol. The van der Waals surface area contributed by atoms with Crippen molar-refractivity contribution in [2.75, 3.05) is 20.0 Å². The molecule has 4 rings (SSSR count). The van der Waals surface area contributed by atoms with E-state index in [0.29, 0.717) is 17.3 Å². The summed E-state index contributed by atoms with van der Waals surface area (Å²) >= 11 is 1.65. The van der Waals surface area contributed by atoms with E-state index in [4.69, 9.17) is 15.2 Å². The number of imidazole rings is 1. The minimum absolute atomic E-state index is 0.459. The first kappa shape index (κ1) is 13.8. The van der Waals surface area contributed by atoms with Crippen molar-refractivity contribution in [3.8, 4) is 22.1 Å². The molecule has 23 heavy (non-hydrogen) atoms. The highest BCUT2D eigenvalue weighted by Crippen LogP contribution is 2.39. The van der Waals surface area contributed by atoms with Gasteiger partial charge in [0.05, 0.1) is 25.3 Å². The zero-order valence-electron chi connectivity index (χ0n) is 12.6. The zero-order valence-corrected chi connectivity index (χ0v) is 13.4. The third-order valence-electron chi connectivity index (χ3n) is 3.66. The fourth-order valence-corrected chi connectivity index (χ4v) is 3.62. The van der Waals surface area contributed by atoms with E-state index in [1.165, 1.54) is 0 Å². The van der Waals surface area contributed by atoms with Gasteiger partial charge in [-0.3, -0.25) is 0 Å². The second-order valence-electron chi connectivity index (χ2n) is 5.03. The molecule has 4 aromatic rings. The van der Waals surface area contributed by atoms with Crippen molar-refractivity contribution < 1.29 is 9.47 Å². The van der Waals surface area contributed by atoms with Crippen molar-refractivity contribution in [1.82, 2.24) is 14.6 Å². The van der Waals surface area contributed by atoms with E-state index < -0.39 is 0 Å². The average molecular weight is 326 g/mol. The van der Waals surface area contributed by atoms with Crippen LogP contribution in [-0.2, 0) is 0 Å². The predicted octanol–water partition coefficient (Wildman–Crippen LogP) is 3.21. The Hall–Kier alpha value is -2.80. The summed E-state index contributed by atoms with van der Waals surface area (Å²) in [6, 6.07) is 9.64. The molecule has 0 radical (unpaired) electrons. The van der Waals surface area contributed by atoms with Crippen LogP contribution in [0.4, 0.5) is 5.82 Å². The summed E-state index contributed by atoms with van der Waals surface area (Å²) in [5, 5.41) is 5.42. The van der Waals surface area contributed by atoms with Gasteiger partial charge in [0.2, 0.25) is 0 Å². The van der Waals surface area contributed by atoms with E-state index in [2.05, 4.69) is 16.1 Å². The van der Waals surface area contributed by atoms with Gasteiger partial charge in [0, 0.05) is 10.8 Å². The standard InChI is InChI=1S/C16H14N4O2S/c1-21-11-5-9-6-14(23-13(9)7-12(11)22-2)10-8-18-16-4-3-15(17)19-20(10)16/h3-8H,1-2H3,(H2,17,19). The fourth-order valence-electron chi connectivity index (χ4n) is 2.55. The molecule has 3 aromatic heterocycles. The number of aromatic nitrogens is 3. The topological polar surface area (TPSA) is 74.7 Å². The minimum Gasteiger partial charge on any atom is -0.493 e. The van der Waals surface area contributed by atoms with E-state index in [-0.39, 0.29) is 0 Å². The van der Waals surface area contributed by atoms with Gasteiger partial charge in [-0.2, -0.15) is 0 Å². The largest absolute Gasteiger partial charge is 0.493 e. The lowest BCUT2D eigenvalue weighted by molar-refractivity contribution is 0.356. The minimum atomic E-state index is 0.459. The van der Waals surface area contributed by atoms with Crippen LogP contribution >= 0.6 is 11.3 Å². The molecule has 116 valence electrons. The second kappa shape index (κ2) is 5.13. The molecule has 6 nitrogen and oxygen atoms in total. The van der Waals surface area contributed by atoms with Gasteiger partial charge < -0.3 is 15.2 Å². The molecule has 7 heteroatoms. The van der Waals surface area contributed by atoms with Gasteiger partial charge in [-0.15, -0.1) is 16.4 Å². The molecular weight excluding hydrogens is 312 g/mol. The predicted molar refractivity (Wildman–Crippen MR) is 91.3 cm³/mol. The average Bonchev–Trinajstić information content (AvgIpc) is 3.15. The summed E-state index contributed by atoms with van der Waals surface area (Å²) in [5.74, 6) is 1.89. The number of nitrogens with two attached hydrogens (primary N) is 1. The molecule has 0 atom stereocenters. The first-order valence-corrected chi connectivity index (χ1v) is 7.77. The molecule has 0 aliphatic heterocycles. The van der Waals surface area contributed by atoms with Crippen molar-refractivity contribution in [3.63, 3.8) is 0 Å². The highest BCUT2D eigenvalue weighted by Gasteiger charge is 2.13. The molecule has 0 saturated carbocycles. The fraction of sp³-hybridized carbons (Fsp3) is 0.125. The molecule has 0 spiro atoms. The molecule has 0 unspecified atom stereocenters. The number of ether oxygens (including phenoxy) is 2. The van der Waals surface area contributed by atoms with Crippen LogP contribution in [0.1, 0.15) is 0 Å². The third kappa shape index (κ3) is 2.17. The van der Waals surface area contributed by atoms with E-state index in [0.717, 1.165) is 26.3 Å². The Morgan fingerprint density at radius 1 is 1.09 bits per heavy atom. The van der Waals surface area contributed by atoms with Crippen LogP contribution in [0.25, 0.3) is 26.3 Å². The highest BCUT2D eigenvalue weighted by atomic mass is 32.1. The molecule has 0 fully saturated rings. The van der Waals surface area contributed by atoms with Crippen LogP contribution in [-0.4, -0.2) is 28.8 Å². The number of rotatable bonds is 3. The highest BCUT2D eigenvalue weighted by molar-refractivity contribution is 7.22. The number of anilines is 1. The van der Waals surface area contributed by atoms with Gasteiger partial charge in [-0.25, -0.2) is 9.50 Å². The number of fused-ring (bicyclic) bond motifs is 2. The second-order valence-corrected chi connectivity index (χ2v) is 6.11. The molecule has 0 aliphatic rings. The maximum Gasteiger partial charge on any atom is 0.162 e. The van der Waals surface area contributed by atoms with Crippen molar-refractivity contribution in [2.45, 2.75) is 0 Å². The van der Waals surface area contributed by atoms with Crippen molar-refractivity contribution in [3.05, 3.63) is 36.5 Å². The number of nitrogens with zero attached hydrogens (tertiary/aromatic N) is 3. The molecular formula is C16H14N4O2S. The summed E-state index contributed by atoms with van der Waals surface area (Å²) in [7, 11) is 3.27. The third-order valence-corrected chi connectivity index (χ3v) is 4.78. The zero-order chi connectivity index (χ0) is 16.0. The summed E-state index contributed by atoms with van der Waals surface area (Å²) in [6.45, 7) is 0. The van der Waals surface area contributed by atoms with Crippen LogP contribution < -0.4 is 15.2 Å². The van der Waals surface area contributed by atoms with Gasteiger partial charge in [0.15, 0.2) is 17.1 Å². The smallest absolute Gasteiger partial charge is 0.162 e. The van der Waals surface area contributed by atoms with E-state index in [1.54, 1.807) is 42.3 Å². The summed E-state index contributed by atoms with van der Waals surface area (Å²) in [4.78, 5) is 5.43. The Balaban J connectivity index is 1.92. The molecule has 0 aliphatic carbocycles. The first-order valence-electron chi connectivity index (χ1n) is 6.96. The van der Waals surface area contributed by atoms with Crippen LogP contribution in [0.15, 0.2) is 36.5 Å². The van der Waals surface area contributed by atoms with Crippen LogP contribution in [0.3, 0.4) is 0 Å². The molecule has 0 bridgehead atoms. The van der Waals surface area contributed by atoms with Crippen LogP contribution in [0.5, 0.6) is 11.5 Å². The molecule has 1 aromatic carbocycles. The van der Waals surface area contributed by atoms with Crippen molar-refractivity contribution in [1.29, 1.82) is 0 Å². The van der Waals surface area contributed by atoms with E-state index in [1.807, 2.05) is 18.2 Å². The number of hydrogen-bond donors (Lipinski definition) is 1. The van der Waals surface area contributed by atoms with Crippen molar-refractivity contribution in [2.24, 2.45) is 0 Å². The number of hydrogen-bond acceptors (Lipinski definition) is 6. The summed E-state index contributed by atoms with van der Waals surface area (Å²) in [6.07, 6.45) is 1.81. The molecule has 3 heterocycles. The van der Waals surface area contributed by atoms with Crippen molar-refractivity contribution >= 4 is 32.9 Å². The Morgan fingerprint density at radius 2 is 1.87 bits per heavy atom. The van der Waals surface area contributed by atoms with Gasteiger partial charge in [-0.1, -0.05) is 0 Å². The van der Waals surface area contributed by atoms with E-state index >= 15 is 0 Å². The lowest BCUT2D eigenvalue weighted by Gasteiger charge is -2.06. The molecule has 0 amide bonds. The molecule has 0 saturated heterocycles. The number of benzene rings is 1. The first-order chi connectivity index (χ1) is 11.2. The number of thiophene rings is 1. The Morgan fingerprint density at radius 3 is 2.65 bits per heavy atom. The summed E-state index contributed by atoms with van der Waals surface area (Å²) in [5.41, 5.74) is 7.47. The lowest BCUT2D eigenvalue weighted by atomic mass is 10.2. The Kier molecular flexibility index (Phi) is 3.09.